The number of halogens is 2. The van der Waals surface area contributed by atoms with Gasteiger partial charge in [-0.3, -0.25) is 14.2 Å². The van der Waals surface area contributed by atoms with Gasteiger partial charge in [0.25, 0.3) is 5.56 Å². The third kappa shape index (κ3) is 5.88. The van der Waals surface area contributed by atoms with Crippen LogP contribution < -0.4 is 10.9 Å². The average molecular weight is 525 g/mol. The normalized spacial score (nSPS) is 20.8. The van der Waals surface area contributed by atoms with Crippen LogP contribution >= 0.6 is 11.6 Å². The van der Waals surface area contributed by atoms with Crippen LogP contribution in [0.5, 0.6) is 0 Å². The highest BCUT2D eigenvalue weighted by atomic mass is 35.5. The first kappa shape index (κ1) is 25.9. The van der Waals surface area contributed by atoms with Crippen molar-refractivity contribution in [3.8, 4) is 11.4 Å². The predicted molar refractivity (Wildman–Crippen MR) is 146 cm³/mol. The summed E-state index contributed by atoms with van der Waals surface area (Å²) in [4.78, 5) is 33.6. The van der Waals surface area contributed by atoms with E-state index in [1.165, 1.54) is 4.57 Å². The second kappa shape index (κ2) is 10.9. The lowest BCUT2D eigenvalue weighted by molar-refractivity contribution is -0.122. The molecule has 196 valence electrons. The summed E-state index contributed by atoms with van der Waals surface area (Å²) in [6.45, 7) is 6.38. The fourth-order valence-electron chi connectivity index (χ4n) is 5.60. The molecule has 1 aliphatic carbocycles. The van der Waals surface area contributed by atoms with Crippen molar-refractivity contribution >= 4 is 28.4 Å². The molecule has 1 aliphatic heterocycles. The Balaban J connectivity index is 1.41. The molecular weight excluding hydrogens is 491 g/mol. The van der Waals surface area contributed by atoms with E-state index in [9.17, 15) is 14.0 Å². The van der Waals surface area contributed by atoms with E-state index in [4.69, 9.17) is 16.6 Å². The Morgan fingerprint density at radius 3 is 2.62 bits per heavy atom. The maximum atomic E-state index is 13.7. The maximum Gasteiger partial charge on any atom is 0.262 e. The zero-order chi connectivity index (χ0) is 26.1. The van der Waals surface area contributed by atoms with Crippen molar-refractivity contribution in [2.75, 3.05) is 19.6 Å². The number of likely N-dealkylation sites (tertiary alicyclic amines) is 1. The van der Waals surface area contributed by atoms with Crippen LogP contribution in [0, 0.1) is 5.92 Å². The molecule has 2 fully saturated rings. The molecule has 1 saturated carbocycles. The molecule has 0 spiro atoms. The number of nitrogens with one attached hydrogen (secondary N) is 1. The van der Waals surface area contributed by atoms with Gasteiger partial charge in [0.05, 0.1) is 10.9 Å². The number of fused-ring (bicyclic) bond motifs is 1. The van der Waals surface area contributed by atoms with Crippen LogP contribution in [0.2, 0.25) is 5.02 Å². The fraction of sp³-hybridized carbons (Fsp3) is 0.483. The Hall–Kier alpha value is -2.77. The second-order valence-electron chi connectivity index (χ2n) is 10.8. The summed E-state index contributed by atoms with van der Waals surface area (Å²) < 4.78 is 14.9. The number of hydrogen-bond donors (Lipinski definition) is 1. The standard InChI is InChI=1S/C29H34ClFN4O2/c1-18(2)32-27(36)17-35-28(21-4-3-5-23(30)14-21)33-26-7-6-20(15-25(26)29(35)37)22-12-19(13-22)16-34-10-8-24(31)9-11-34/h3-7,14-15,18-19,22,24H,8-13,16-17H2,1-2H3,(H,32,36)/t19-,22+. The number of carbonyl (C=O) groups is 1. The molecule has 3 aromatic rings. The first-order chi connectivity index (χ1) is 17.8. The molecule has 6 nitrogen and oxygen atoms in total. The summed E-state index contributed by atoms with van der Waals surface area (Å²) in [5.41, 5.74) is 2.20. The Bertz CT molecular complexity index is 1340. The molecule has 0 bridgehead atoms. The zero-order valence-electron chi connectivity index (χ0n) is 21.4. The van der Waals surface area contributed by atoms with Crippen LogP contribution in [0.3, 0.4) is 0 Å². The first-order valence-corrected chi connectivity index (χ1v) is 13.6. The number of benzene rings is 2. The molecule has 2 aliphatic rings. The largest absolute Gasteiger partial charge is 0.352 e. The van der Waals surface area contributed by atoms with Crippen molar-refractivity contribution in [1.82, 2.24) is 19.8 Å². The van der Waals surface area contributed by atoms with Gasteiger partial charge in [0.1, 0.15) is 18.5 Å². The van der Waals surface area contributed by atoms with E-state index in [0.29, 0.717) is 52.0 Å². The Morgan fingerprint density at radius 2 is 1.92 bits per heavy atom. The van der Waals surface area contributed by atoms with Gasteiger partial charge in [0, 0.05) is 36.3 Å². The first-order valence-electron chi connectivity index (χ1n) is 13.2. The molecule has 37 heavy (non-hydrogen) atoms. The van der Waals surface area contributed by atoms with Crippen molar-refractivity contribution in [3.63, 3.8) is 0 Å². The number of carbonyl (C=O) groups excluding carboxylic acids is 1. The van der Waals surface area contributed by atoms with Crippen molar-refractivity contribution in [2.45, 2.75) is 64.2 Å². The second-order valence-corrected chi connectivity index (χ2v) is 11.3. The van der Waals surface area contributed by atoms with Crippen LogP contribution in [0.15, 0.2) is 47.3 Å². The van der Waals surface area contributed by atoms with Crippen molar-refractivity contribution in [2.24, 2.45) is 5.92 Å². The highest BCUT2D eigenvalue weighted by molar-refractivity contribution is 6.30. The third-order valence-corrected chi connectivity index (χ3v) is 7.79. The number of piperidine rings is 1. The molecular formula is C29H34ClFN4O2. The molecule has 0 radical (unpaired) electrons. The van der Waals surface area contributed by atoms with E-state index in [1.54, 1.807) is 12.1 Å². The molecule has 5 rings (SSSR count). The molecule has 0 atom stereocenters. The van der Waals surface area contributed by atoms with E-state index >= 15 is 0 Å². The SMILES string of the molecule is CC(C)NC(=O)Cn1c(-c2cccc(Cl)c2)nc2ccc([C@H]3C[C@@H](CN4CCC(F)CC4)C3)cc2c1=O. The van der Waals surface area contributed by atoms with Gasteiger partial charge < -0.3 is 10.2 Å². The molecule has 8 heteroatoms. The van der Waals surface area contributed by atoms with Crippen LogP contribution in [0.1, 0.15) is 51.0 Å². The fourth-order valence-corrected chi connectivity index (χ4v) is 5.79. The number of amides is 1. The van der Waals surface area contributed by atoms with Gasteiger partial charge in [0.15, 0.2) is 0 Å². The van der Waals surface area contributed by atoms with Gasteiger partial charge in [-0.2, -0.15) is 0 Å². The minimum atomic E-state index is -0.642. The molecule has 1 aromatic heterocycles. The van der Waals surface area contributed by atoms with Gasteiger partial charge in [-0.05, 0) is 81.2 Å². The summed E-state index contributed by atoms with van der Waals surface area (Å²) in [6, 6.07) is 13.1. The number of aromatic nitrogens is 2. The number of rotatable bonds is 7. The van der Waals surface area contributed by atoms with Gasteiger partial charge in [-0.15, -0.1) is 0 Å². The van der Waals surface area contributed by atoms with Gasteiger partial charge in [-0.1, -0.05) is 29.8 Å². The van der Waals surface area contributed by atoms with Crippen molar-refractivity contribution in [3.05, 3.63) is 63.4 Å². The Morgan fingerprint density at radius 1 is 1.16 bits per heavy atom. The molecule has 1 amide bonds. The Kier molecular flexibility index (Phi) is 7.63. The molecule has 0 unspecified atom stereocenters. The minimum absolute atomic E-state index is 0.0345. The van der Waals surface area contributed by atoms with E-state index < -0.39 is 6.17 Å². The van der Waals surface area contributed by atoms with Crippen molar-refractivity contribution in [1.29, 1.82) is 0 Å². The summed E-state index contributed by atoms with van der Waals surface area (Å²) in [5, 5.41) is 3.93. The van der Waals surface area contributed by atoms with E-state index in [1.807, 2.05) is 38.1 Å². The maximum absolute atomic E-state index is 13.7. The van der Waals surface area contributed by atoms with Gasteiger partial charge in [-0.25, -0.2) is 9.37 Å². The summed E-state index contributed by atoms with van der Waals surface area (Å²) in [7, 11) is 0. The smallest absolute Gasteiger partial charge is 0.262 e. The van der Waals surface area contributed by atoms with Gasteiger partial charge >= 0.3 is 0 Å². The molecule has 1 saturated heterocycles. The zero-order valence-corrected chi connectivity index (χ0v) is 22.2. The highest BCUT2D eigenvalue weighted by Crippen LogP contribution is 2.42. The number of hydrogen-bond acceptors (Lipinski definition) is 4. The quantitative estimate of drug-likeness (QED) is 0.463. The molecule has 2 aromatic carbocycles. The summed E-state index contributed by atoms with van der Waals surface area (Å²) >= 11 is 6.22. The Labute approximate surface area is 221 Å². The van der Waals surface area contributed by atoms with E-state index in [-0.39, 0.29) is 24.1 Å². The number of alkyl halides is 1. The lowest BCUT2D eigenvalue weighted by atomic mass is 9.71. The van der Waals surface area contributed by atoms with E-state index in [0.717, 1.165) is 38.0 Å². The molecule has 1 N–H and O–H groups in total. The van der Waals surface area contributed by atoms with E-state index in [2.05, 4.69) is 16.3 Å². The van der Waals surface area contributed by atoms with Crippen molar-refractivity contribution < 1.29 is 9.18 Å². The number of nitrogens with zero attached hydrogens (tertiary/aromatic N) is 3. The lowest BCUT2D eigenvalue weighted by Gasteiger charge is -2.40. The summed E-state index contributed by atoms with van der Waals surface area (Å²) in [6.07, 6.45) is 2.79. The van der Waals surface area contributed by atoms with Crippen LogP contribution in [-0.4, -0.2) is 52.2 Å². The minimum Gasteiger partial charge on any atom is -0.352 e. The average Bonchev–Trinajstić information content (AvgIpc) is 2.83. The third-order valence-electron chi connectivity index (χ3n) is 7.55. The monoisotopic (exact) mass is 524 g/mol. The lowest BCUT2D eigenvalue weighted by Crippen LogP contribution is -2.40. The molecule has 2 heterocycles. The van der Waals surface area contributed by atoms with Crippen LogP contribution in [0.4, 0.5) is 4.39 Å². The van der Waals surface area contributed by atoms with Crippen LogP contribution in [-0.2, 0) is 11.3 Å². The van der Waals surface area contributed by atoms with Gasteiger partial charge in [0.2, 0.25) is 5.91 Å². The van der Waals surface area contributed by atoms with Crippen LogP contribution in [0.25, 0.3) is 22.3 Å². The highest BCUT2D eigenvalue weighted by Gasteiger charge is 2.33. The topological polar surface area (TPSA) is 67.2 Å². The summed E-state index contributed by atoms with van der Waals surface area (Å²) in [5.74, 6) is 1.19. The predicted octanol–water partition coefficient (Wildman–Crippen LogP) is 5.17.